The van der Waals surface area contributed by atoms with E-state index in [-0.39, 0.29) is 4.21 Å². The van der Waals surface area contributed by atoms with Crippen molar-refractivity contribution in [3.63, 3.8) is 0 Å². The first-order valence-corrected chi connectivity index (χ1v) is 10.1. The Bertz CT molecular complexity index is 1100. The lowest BCUT2D eigenvalue weighted by Gasteiger charge is -2.03. The van der Waals surface area contributed by atoms with Crippen molar-refractivity contribution in [2.75, 3.05) is 0 Å². The molecule has 1 amide bonds. The van der Waals surface area contributed by atoms with Crippen LogP contribution < -0.4 is 11.2 Å². The number of aromatic nitrogens is 1. The van der Waals surface area contributed by atoms with Gasteiger partial charge in [-0.3, -0.25) is 10.0 Å². The summed E-state index contributed by atoms with van der Waals surface area (Å²) in [5.74, 6) is -0.701. The van der Waals surface area contributed by atoms with Crippen LogP contribution in [-0.2, 0) is 21.4 Å². The topological polar surface area (TPSA) is 114 Å². The Kier molecular flexibility index (Phi) is 5.57. The minimum Gasteiger partial charge on any atom is -0.326 e. The molecule has 140 valence electrons. The number of thiophene rings is 1. The molecule has 9 heteroatoms. The third-order valence-corrected chi connectivity index (χ3v) is 7.03. The third kappa shape index (κ3) is 4.17. The highest BCUT2D eigenvalue weighted by Gasteiger charge is 2.19. The van der Waals surface area contributed by atoms with Gasteiger partial charge in [-0.15, -0.1) is 11.3 Å². The maximum Gasteiger partial charge on any atom is 0.277 e. The van der Waals surface area contributed by atoms with E-state index in [4.69, 9.17) is 10.9 Å². The van der Waals surface area contributed by atoms with Crippen LogP contribution in [0, 0.1) is 0 Å². The smallest absolute Gasteiger partial charge is 0.277 e. The number of hydroxylamine groups is 1. The molecule has 0 unspecified atom stereocenters. The first-order chi connectivity index (χ1) is 12.9. The Labute approximate surface area is 160 Å². The van der Waals surface area contributed by atoms with Crippen molar-refractivity contribution in [2.24, 2.45) is 5.73 Å². The highest BCUT2D eigenvalue weighted by Crippen LogP contribution is 2.32. The van der Waals surface area contributed by atoms with Crippen molar-refractivity contribution in [3.8, 4) is 10.4 Å². The SMILES string of the molecule is NCc1cccc(-c2ccc(S(=O)(=O)n3ccc(C=CC(=O)NO)c3)s2)c1. The van der Waals surface area contributed by atoms with Gasteiger partial charge in [0.15, 0.2) is 0 Å². The van der Waals surface area contributed by atoms with Crippen molar-refractivity contribution < 1.29 is 18.4 Å². The number of benzene rings is 1. The van der Waals surface area contributed by atoms with E-state index in [1.54, 1.807) is 18.2 Å². The zero-order valence-electron chi connectivity index (χ0n) is 14.1. The molecule has 0 fully saturated rings. The molecule has 3 aromatic rings. The summed E-state index contributed by atoms with van der Waals surface area (Å²) in [4.78, 5) is 11.8. The predicted octanol–water partition coefficient (Wildman–Crippen LogP) is 2.43. The first kappa shape index (κ1) is 19.1. The van der Waals surface area contributed by atoms with Crippen molar-refractivity contribution >= 4 is 33.3 Å². The number of nitrogens with one attached hydrogen (secondary N) is 1. The monoisotopic (exact) mass is 403 g/mol. The molecule has 0 aliphatic carbocycles. The molecule has 0 bridgehead atoms. The number of carbonyl (C=O) groups is 1. The van der Waals surface area contributed by atoms with Gasteiger partial charge in [0.1, 0.15) is 4.21 Å². The molecule has 2 aromatic heterocycles. The highest BCUT2D eigenvalue weighted by molar-refractivity contribution is 7.92. The minimum atomic E-state index is -3.74. The van der Waals surface area contributed by atoms with Crippen LogP contribution in [0.25, 0.3) is 16.5 Å². The number of carbonyl (C=O) groups excluding carboxylic acids is 1. The Hall–Kier alpha value is -2.72. The Morgan fingerprint density at radius 2 is 2.07 bits per heavy atom. The highest BCUT2D eigenvalue weighted by atomic mass is 32.2. The number of nitrogens with two attached hydrogens (primary N) is 1. The molecule has 0 aliphatic heterocycles. The van der Waals surface area contributed by atoms with Gasteiger partial charge in [0.05, 0.1) is 0 Å². The number of nitrogens with zero attached hydrogens (tertiary/aromatic N) is 1. The summed E-state index contributed by atoms with van der Waals surface area (Å²) in [6, 6.07) is 12.5. The van der Waals surface area contributed by atoms with E-state index < -0.39 is 15.9 Å². The Morgan fingerprint density at radius 1 is 1.26 bits per heavy atom. The lowest BCUT2D eigenvalue weighted by atomic mass is 10.1. The van der Waals surface area contributed by atoms with Crippen LogP contribution in [0.15, 0.2) is 65.1 Å². The van der Waals surface area contributed by atoms with E-state index in [0.29, 0.717) is 12.1 Å². The molecule has 0 atom stereocenters. The minimum absolute atomic E-state index is 0.204. The van der Waals surface area contributed by atoms with Gasteiger partial charge in [0.25, 0.3) is 15.9 Å². The second kappa shape index (κ2) is 7.89. The van der Waals surface area contributed by atoms with Gasteiger partial charge in [-0.05, 0) is 47.0 Å². The molecule has 2 heterocycles. The van der Waals surface area contributed by atoms with Gasteiger partial charge in [0, 0.05) is 29.9 Å². The molecule has 0 aliphatic rings. The van der Waals surface area contributed by atoms with E-state index in [9.17, 15) is 13.2 Å². The quantitative estimate of drug-likeness (QED) is 0.332. The molecule has 0 saturated carbocycles. The van der Waals surface area contributed by atoms with Gasteiger partial charge in [-0.25, -0.2) is 9.45 Å². The van der Waals surface area contributed by atoms with Crippen LogP contribution in [0.1, 0.15) is 11.1 Å². The number of amides is 1. The largest absolute Gasteiger partial charge is 0.326 e. The maximum atomic E-state index is 12.8. The van der Waals surface area contributed by atoms with Crippen molar-refractivity contribution in [2.45, 2.75) is 10.8 Å². The van der Waals surface area contributed by atoms with E-state index in [0.717, 1.165) is 26.1 Å². The Morgan fingerprint density at radius 3 is 2.81 bits per heavy atom. The molecular formula is C18H17N3O4S2. The third-order valence-electron chi connectivity index (χ3n) is 3.79. The molecule has 27 heavy (non-hydrogen) atoms. The van der Waals surface area contributed by atoms with E-state index in [1.165, 1.54) is 35.3 Å². The lowest BCUT2D eigenvalue weighted by Crippen LogP contribution is -2.14. The summed E-state index contributed by atoms with van der Waals surface area (Å²) < 4.78 is 26.9. The summed E-state index contributed by atoms with van der Waals surface area (Å²) in [6.07, 6.45) is 5.29. The summed E-state index contributed by atoms with van der Waals surface area (Å²) >= 11 is 1.17. The molecule has 7 nitrogen and oxygen atoms in total. The van der Waals surface area contributed by atoms with Crippen LogP contribution in [-0.4, -0.2) is 23.5 Å². The summed E-state index contributed by atoms with van der Waals surface area (Å²) in [6.45, 7) is 0.415. The van der Waals surface area contributed by atoms with Crippen LogP contribution in [0.3, 0.4) is 0 Å². The molecule has 4 N–H and O–H groups in total. The van der Waals surface area contributed by atoms with E-state index in [1.807, 2.05) is 24.3 Å². The molecule has 1 aromatic carbocycles. The van der Waals surface area contributed by atoms with E-state index >= 15 is 0 Å². The fourth-order valence-electron chi connectivity index (χ4n) is 2.42. The average molecular weight is 403 g/mol. The fraction of sp³-hybridized carbons (Fsp3) is 0.0556. The standard InChI is InChI=1S/C18H17N3O4S2/c19-11-14-2-1-3-15(10-14)16-5-7-18(26-16)27(24,25)21-9-8-13(12-21)4-6-17(22)20-23/h1-10,12,23H,11,19H2,(H,20,22). The van der Waals surface area contributed by atoms with Crippen molar-refractivity contribution in [1.82, 2.24) is 9.45 Å². The van der Waals surface area contributed by atoms with Crippen molar-refractivity contribution in [3.05, 3.63) is 72.1 Å². The van der Waals surface area contributed by atoms with Gasteiger partial charge in [-0.1, -0.05) is 18.2 Å². The molecule has 0 radical (unpaired) electrons. The zero-order valence-corrected chi connectivity index (χ0v) is 15.7. The average Bonchev–Trinajstić information content (AvgIpc) is 3.36. The lowest BCUT2D eigenvalue weighted by molar-refractivity contribution is -0.124. The van der Waals surface area contributed by atoms with Crippen LogP contribution in [0.2, 0.25) is 0 Å². The predicted molar refractivity (Wildman–Crippen MR) is 104 cm³/mol. The molecule has 0 spiro atoms. The van der Waals surface area contributed by atoms with Crippen molar-refractivity contribution in [1.29, 1.82) is 0 Å². The van der Waals surface area contributed by atoms with Gasteiger partial charge >= 0.3 is 0 Å². The number of hydrogen-bond donors (Lipinski definition) is 3. The van der Waals surface area contributed by atoms with E-state index in [2.05, 4.69) is 0 Å². The first-order valence-electron chi connectivity index (χ1n) is 7.89. The van der Waals surface area contributed by atoms with Gasteiger partial charge in [-0.2, -0.15) is 8.42 Å². The second-order valence-corrected chi connectivity index (χ2v) is 8.77. The normalized spacial score (nSPS) is 11.8. The van der Waals surface area contributed by atoms with Crippen LogP contribution >= 0.6 is 11.3 Å². The number of rotatable bonds is 6. The fourth-order valence-corrected chi connectivity index (χ4v) is 5.03. The van der Waals surface area contributed by atoms with Gasteiger partial charge in [0.2, 0.25) is 0 Å². The van der Waals surface area contributed by atoms with Gasteiger partial charge < -0.3 is 5.73 Å². The van der Waals surface area contributed by atoms with Crippen LogP contribution in [0.4, 0.5) is 0 Å². The summed E-state index contributed by atoms with van der Waals surface area (Å²) in [7, 11) is -3.74. The maximum absolute atomic E-state index is 12.8. The second-order valence-electron chi connectivity index (χ2n) is 5.61. The molecular weight excluding hydrogens is 386 g/mol. The molecule has 3 rings (SSSR count). The zero-order chi connectivity index (χ0) is 19.4. The summed E-state index contributed by atoms with van der Waals surface area (Å²) in [5, 5.41) is 8.47. The summed E-state index contributed by atoms with van der Waals surface area (Å²) in [5.41, 5.74) is 9.52. The van der Waals surface area contributed by atoms with Crippen LogP contribution in [0.5, 0.6) is 0 Å². The number of hydrogen-bond acceptors (Lipinski definition) is 6. The Balaban J connectivity index is 1.88. The molecule has 0 saturated heterocycles.